The Balaban J connectivity index is 3.51. The highest BCUT2D eigenvalue weighted by Gasteiger charge is 2.20. The van der Waals surface area contributed by atoms with Crippen molar-refractivity contribution in [3.63, 3.8) is 0 Å². The van der Waals surface area contributed by atoms with E-state index in [0.717, 1.165) is 0 Å². The van der Waals surface area contributed by atoms with Crippen LogP contribution in [0.3, 0.4) is 0 Å². The predicted octanol–water partition coefficient (Wildman–Crippen LogP) is 2.65. The number of hydrogen-bond acceptors (Lipinski definition) is 3. The minimum atomic E-state index is -4.12. The SMILES string of the molecule is CC(C)c1cc(F)cc(C(C)C)c1OS(N)(=O)=O. The molecule has 6 heteroatoms. The summed E-state index contributed by atoms with van der Waals surface area (Å²) in [5.74, 6) is -0.419. The molecular formula is C12H18FNO3S. The van der Waals surface area contributed by atoms with Crippen LogP contribution in [-0.4, -0.2) is 8.42 Å². The van der Waals surface area contributed by atoms with E-state index < -0.39 is 16.1 Å². The maximum atomic E-state index is 13.5. The van der Waals surface area contributed by atoms with E-state index in [1.807, 2.05) is 27.7 Å². The second-order valence-corrected chi connectivity index (χ2v) is 5.95. The van der Waals surface area contributed by atoms with Gasteiger partial charge in [0.15, 0.2) is 5.75 Å². The van der Waals surface area contributed by atoms with Gasteiger partial charge in [0.05, 0.1) is 0 Å². The van der Waals surface area contributed by atoms with Crippen molar-refractivity contribution in [3.8, 4) is 5.75 Å². The van der Waals surface area contributed by atoms with Gasteiger partial charge in [-0.3, -0.25) is 0 Å². The van der Waals surface area contributed by atoms with Crippen LogP contribution in [0.2, 0.25) is 0 Å². The third-order valence-electron chi connectivity index (χ3n) is 2.55. The first-order valence-corrected chi connectivity index (χ1v) is 7.14. The molecular weight excluding hydrogens is 257 g/mol. The quantitative estimate of drug-likeness (QED) is 0.918. The van der Waals surface area contributed by atoms with Crippen LogP contribution >= 0.6 is 0 Å². The lowest BCUT2D eigenvalue weighted by Gasteiger charge is -2.18. The second-order valence-electron chi connectivity index (χ2n) is 4.80. The van der Waals surface area contributed by atoms with Crippen LogP contribution in [0.4, 0.5) is 4.39 Å². The molecule has 0 aliphatic heterocycles. The minimum absolute atomic E-state index is 0.0741. The number of nitrogens with two attached hydrogens (primary N) is 1. The van der Waals surface area contributed by atoms with Crippen LogP contribution in [0.5, 0.6) is 5.75 Å². The molecule has 102 valence electrons. The highest BCUT2D eigenvalue weighted by Crippen LogP contribution is 2.36. The molecule has 18 heavy (non-hydrogen) atoms. The highest BCUT2D eigenvalue weighted by molar-refractivity contribution is 7.84. The van der Waals surface area contributed by atoms with Crippen molar-refractivity contribution in [3.05, 3.63) is 29.1 Å². The van der Waals surface area contributed by atoms with E-state index in [2.05, 4.69) is 0 Å². The Hall–Kier alpha value is -1.14. The van der Waals surface area contributed by atoms with Crippen LogP contribution in [-0.2, 0) is 10.3 Å². The monoisotopic (exact) mass is 275 g/mol. The summed E-state index contributed by atoms with van der Waals surface area (Å²) in [4.78, 5) is 0. The first-order chi connectivity index (χ1) is 8.11. The molecule has 0 atom stereocenters. The van der Waals surface area contributed by atoms with Crippen molar-refractivity contribution < 1.29 is 17.0 Å². The molecule has 0 saturated carbocycles. The van der Waals surface area contributed by atoms with Gasteiger partial charge in [0.25, 0.3) is 0 Å². The molecule has 0 heterocycles. The van der Waals surface area contributed by atoms with E-state index in [0.29, 0.717) is 11.1 Å². The first kappa shape index (κ1) is 14.9. The van der Waals surface area contributed by atoms with Gasteiger partial charge < -0.3 is 4.18 Å². The fraction of sp³-hybridized carbons (Fsp3) is 0.500. The number of halogens is 1. The molecule has 0 aliphatic rings. The van der Waals surface area contributed by atoms with Gasteiger partial charge in [0, 0.05) is 11.1 Å². The molecule has 2 N–H and O–H groups in total. The Labute approximate surface area is 107 Å². The van der Waals surface area contributed by atoms with Gasteiger partial charge in [0.1, 0.15) is 5.82 Å². The first-order valence-electron chi connectivity index (χ1n) is 5.67. The Kier molecular flexibility index (Phi) is 4.34. The predicted molar refractivity (Wildman–Crippen MR) is 68.3 cm³/mol. The summed E-state index contributed by atoms with van der Waals surface area (Å²) >= 11 is 0. The molecule has 1 aromatic rings. The van der Waals surface area contributed by atoms with E-state index in [9.17, 15) is 12.8 Å². The van der Waals surface area contributed by atoms with Crippen LogP contribution in [0.25, 0.3) is 0 Å². The second kappa shape index (κ2) is 5.24. The average molecular weight is 275 g/mol. The summed E-state index contributed by atoms with van der Waals surface area (Å²) in [6, 6.07) is 2.55. The van der Waals surface area contributed by atoms with E-state index in [1.165, 1.54) is 12.1 Å². The van der Waals surface area contributed by atoms with Gasteiger partial charge in [-0.05, 0) is 24.0 Å². The maximum Gasteiger partial charge on any atom is 0.380 e. The van der Waals surface area contributed by atoms with Crippen molar-refractivity contribution in [2.45, 2.75) is 39.5 Å². The van der Waals surface area contributed by atoms with Crippen molar-refractivity contribution in [2.75, 3.05) is 0 Å². The highest BCUT2D eigenvalue weighted by atomic mass is 32.2. The Morgan fingerprint density at radius 2 is 1.50 bits per heavy atom. The van der Waals surface area contributed by atoms with Gasteiger partial charge in [-0.25, -0.2) is 4.39 Å². The Morgan fingerprint density at radius 3 is 1.78 bits per heavy atom. The van der Waals surface area contributed by atoms with Gasteiger partial charge in [-0.15, -0.1) is 0 Å². The molecule has 1 aromatic carbocycles. The van der Waals surface area contributed by atoms with Gasteiger partial charge in [-0.2, -0.15) is 13.6 Å². The van der Waals surface area contributed by atoms with Crippen LogP contribution in [0.15, 0.2) is 12.1 Å². The number of rotatable bonds is 4. The lowest BCUT2D eigenvalue weighted by Crippen LogP contribution is -2.21. The van der Waals surface area contributed by atoms with Crippen molar-refractivity contribution in [1.82, 2.24) is 0 Å². The summed E-state index contributed by atoms with van der Waals surface area (Å²) in [7, 11) is -4.12. The molecule has 0 spiro atoms. The lowest BCUT2D eigenvalue weighted by molar-refractivity contribution is 0.475. The van der Waals surface area contributed by atoms with E-state index in [-0.39, 0.29) is 17.6 Å². The van der Waals surface area contributed by atoms with Gasteiger partial charge >= 0.3 is 10.3 Å². The van der Waals surface area contributed by atoms with E-state index in [4.69, 9.17) is 9.32 Å². The Morgan fingerprint density at radius 1 is 1.11 bits per heavy atom. The Bertz CT molecular complexity index is 509. The third kappa shape index (κ3) is 3.68. The zero-order valence-corrected chi connectivity index (χ0v) is 11.7. The molecule has 0 aromatic heterocycles. The molecule has 0 aliphatic carbocycles. The minimum Gasteiger partial charge on any atom is -0.370 e. The molecule has 0 unspecified atom stereocenters. The third-order valence-corrected chi connectivity index (χ3v) is 2.95. The summed E-state index contributed by atoms with van der Waals surface area (Å²) in [6.07, 6.45) is 0. The fourth-order valence-corrected chi connectivity index (χ4v) is 2.13. The van der Waals surface area contributed by atoms with Crippen molar-refractivity contribution in [1.29, 1.82) is 0 Å². The topological polar surface area (TPSA) is 69.4 Å². The summed E-state index contributed by atoms with van der Waals surface area (Å²) in [6.45, 7) is 7.31. The fourth-order valence-electron chi connectivity index (χ4n) is 1.71. The molecule has 1 rings (SSSR count). The van der Waals surface area contributed by atoms with Crippen molar-refractivity contribution in [2.24, 2.45) is 5.14 Å². The van der Waals surface area contributed by atoms with Crippen LogP contribution < -0.4 is 9.32 Å². The summed E-state index contributed by atoms with van der Waals surface area (Å²) in [5.41, 5.74) is 0.987. The summed E-state index contributed by atoms with van der Waals surface area (Å²) in [5, 5.41) is 4.90. The van der Waals surface area contributed by atoms with Crippen LogP contribution in [0, 0.1) is 5.82 Å². The average Bonchev–Trinajstić information content (AvgIpc) is 2.17. The van der Waals surface area contributed by atoms with Gasteiger partial charge in [0.2, 0.25) is 0 Å². The standard InChI is InChI=1S/C12H18FNO3S/c1-7(2)10-5-9(13)6-11(8(3)4)12(10)17-18(14,15)16/h5-8H,1-4H3,(H2,14,15,16). The number of benzene rings is 1. The maximum absolute atomic E-state index is 13.5. The largest absolute Gasteiger partial charge is 0.380 e. The molecule has 0 bridgehead atoms. The molecule has 0 saturated heterocycles. The van der Waals surface area contributed by atoms with Crippen LogP contribution in [0.1, 0.15) is 50.7 Å². The van der Waals surface area contributed by atoms with E-state index in [1.54, 1.807) is 0 Å². The molecule has 4 nitrogen and oxygen atoms in total. The van der Waals surface area contributed by atoms with Crippen molar-refractivity contribution >= 4 is 10.3 Å². The molecule has 0 fully saturated rings. The zero-order valence-electron chi connectivity index (χ0n) is 10.9. The normalized spacial score (nSPS) is 12.2. The summed E-state index contributed by atoms with van der Waals surface area (Å²) < 4.78 is 40.5. The zero-order chi connectivity index (χ0) is 14.1. The lowest BCUT2D eigenvalue weighted by atomic mass is 9.94. The molecule has 0 amide bonds. The number of hydrogen-bond donors (Lipinski definition) is 1. The smallest absolute Gasteiger partial charge is 0.370 e. The van der Waals surface area contributed by atoms with E-state index >= 15 is 0 Å². The van der Waals surface area contributed by atoms with Gasteiger partial charge in [-0.1, -0.05) is 27.7 Å². The molecule has 0 radical (unpaired) electrons.